The standard InChI is InChI=1S/2C6H12N2.C6H8N2.Ni/c3*7-5-6-3-1-2-4-8-6;/h2*6-7H,1-5H2;1-4,6-7H,5H2;/q3*-2;+2. The number of piperidine rings is 2. The Labute approximate surface area is 163 Å². The molecule has 0 amide bonds. The van der Waals surface area contributed by atoms with E-state index in [1.54, 1.807) is 6.20 Å². The summed E-state index contributed by atoms with van der Waals surface area (Å²) >= 11 is 0. The van der Waals surface area contributed by atoms with E-state index in [0.717, 1.165) is 25.9 Å². The van der Waals surface area contributed by atoms with Crippen LogP contribution in [0, 0.1) is 0 Å². The molecule has 2 saturated heterocycles. The van der Waals surface area contributed by atoms with Gasteiger partial charge in [0.15, 0.2) is 0 Å². The Kier molecular flexibility index (Phi) is 16.7. The Balaban J connectivity index is 0.000000339. The summed E-state index contributed by atoms with van der Waals surface area (Å²) in [7, 11) is 0. The van der Waals surface area contributed by atoms with Crippen LogP contribution in [0.25, 0.3) is 33.2 Å². The molecule has 7 heteroatoms. The largest absolute Gasteiger partial charge is 2.00 e. The van der Waals surface area contributed by atoms with Gasteiger partial charge in [0.1, 0.15) is 0 Å². The van der Waals surface area contributed by atoms with Crippen LogP contribution < -0.4 is 0 Å². The maximum atomic E-state index is 7.00. The molecule has 6 nitrogen and oxygen atoms in total. The first kappa shape index (κ1) is 24.6. The van der Waals surface area contributed by atoms with Gasteiger partial charge in [0.05, 0.1) is 0 Å². The molecule has 3 unspecified atom stereocenters. The molecular formula is C18H32N6Ni-4. The van der Waals surface area contributed by atoms with E-state index in [9.17, 15) is 0 Å². The predicted molar refractivity (Wildman–Crippen MR) is 105 cm³/mol. The molecule has 25 heavy (non-hydrogen) atoms. The van der Waals surface area contributed by atoms with Crippen LogP contribution in [0.4, 0.5) is 0 Å². The van der Waals surface area contributed by atoms with Crippen LogP contribution in [-0.2, 0) is 16.5 Å². The van der Waals surface area contributed by atoms with Crippen LogP contribution in [0.3, 0.4) is 0 Å². The van der Waals surface area contributed by atoms with Crippen molar-refractivity contribution >= 4 is 0 Å². The summed E-state index contributed by atoms with van der Waals surface area (Å²) in [6, 6.07) is 0.868. The van der Waals surface area contributed by atoms with Crippen LogP contribution in [0.2, 0.25) is 0 Å². The maximum absolute atomic E-state index is 7.00. The molecule has 3 heterocycles. The van der Waals surface area contributed by atoms with E-state index in [1.807, 2.05) is 18.2 Å². The van der Waals surface area contributed by atoms with E-state index in [-0.39, 0.29) is 22.5 Å². The minimum Gasteiger partial charge on any atom is -0.686 e. The molecule has 3 aliphatic heterocycles. The van der Waals surface area contributed by atoms with Gasteiger partial charge >= 0.3 is 16.5 Å². The fraction of sp³-hybridized carbons (Fsp3) is 0.778. The van der Waals surface area contributed by atoms with Crippen molar-refractivity contribution in [3.63, 3.8) is 0 Å². The van der Waals surface area contributed by atoms with Crippen molar-refractivity contribution in [2.75, 3.05) is 32.7 Å². The van der Waals surface area contributed by atoms with Crippen molar-refractivity contribution in [1.82, 2.24) is 0 Å². The molecular weight excluding hydrogens is 359 g/mol. The van der Waals surface area contributed by atoms with Crippen molar-refractivity contribution < 1.29 is 16.5 Å². The zero-order valence-corrected chi connectivity index (χ0v) is 16.0. The minimum absolute atomic E-state index is 0. The molecule has 3 atom stereocenters. The molecule has 0 aromatic carbocycles. The zero-order chi connectivity index (χ0) is 17.5. The monoisotopic (exact) mass is 390 g/mol. The summed E-state index contributed by atoms with van der Waals surface area (Å²) in [5.41, 5.74) is 20.9. The quantitative estimate of drug-likeness (QED) is 0.542. The molecule has 0 aromatic rings. The van der Waals surface area contributed by atoms with Gasteiger partial charge in [-0.05, 0) is 0 Å². The fourth-order valence-corrected chi connectivity index (χ4v) is 2.62. The smallest absolute Gasteiger partial charge is 0.686 e. The van der Waals surface area contributed by atoms with Gasteiger partial charge in [-0.15, -0.1) is 25.2 Å². The molecule has 0 spiro atoms. The summed E-state index contributed by atoms with van der Waals surface area (Å²) in [5, 5.41) is 12.5. The second-order valence-corrected chi connectivity index (χ2v) is 6.17. The average Bonchev–Trinajstić information content (AvgIpc) is 2.71. The Morgan fingerprint density at radius 1 is 0.760 bits per heavy atom. The van der Waals surface area contributed by atoms with E-state index >= 15 is 0 Å². The third kappa shape index (κ3) is 12.5. The third-order valence-corrected chi connectivity index (χ3v) is 4.15. The molecule has 0 bridgehead atoms. The Morgan fingerprint density at radius 2 is 1.32 bits per heavy atom. The number of nitrogens with zero attached hydrogens (tertiary/aromatic N) is 3. The number of rotatable bonds is 3. The normalized spacial score (nSPS) is 27.6. The second-order valence-electron chi connectivity index (χ2n) is 6.17. The summed E-state index contributed by atoms with van der Waals surface area (Å²) in [6.45, 7) is 3.37. The molecule has 0 radical (unpaired) electrons. The summed E-state index contributed by atoms with van der Waals surface area (Å²) < 4.78 is 0. The minimum atomic E-state index is 0. The molecule has 3 N–H and O–H groups in total. The van der Waals surface area contributed by atoms with Crippen LogP contribution in [-0.4, -0.2) is 50.8 Å². The fourth-order valence-electron chi connectivity index (χ4n) is 2.62. The zero-order valence-electron chi connectivity index (χ0n) is 15.0. The first-order chi connectivity index (χ1) is 11.8. The van der Waals surface area contributed by atoms with Crippen molar-refractivity contribution in [3.05, 3.63) is 57.6 Å². The van der Waals surface area contributed by atoms with Gasteiger partial charge in [0.25, 0.3) is 0 Å². The van der Waals surface area contributed by atoms with E-state index < -0.39 is 0 Å². The molecule has 3 aliphatic rings. The number of hydrogen-bond acceptors (Lipinski definition) is 0. The van der Waals surface area contributed by atoms with Crippen molar-refractivity contribution in [2.24, 2.45) is 0 Å². The molecule has 0 aromatic heterocycles. The Morgan fingerprint density at radius 3 is 1.56 bits per heavy atom. The van der Waals surface area contributed by atoms with Crippen molar-refractivity contribution in [3.8, 4) is 0 Å². The van der Waals surface area contributed by atoms with Gasteiger partial charge in [-0.1, -0.05) is 50.7 Å². The van der Waals surface area contributed by atoms with Gasteiger partial charge in [-0.3, -0.25) is 0 Å². The maximum Gasteiger partial charge on any atom is 2.00 e. The van der Waals surface area contributed by atoms with Crippen molar-refractivity contribution in [1.29, 1.82) is 0 Å². The first-order valence-electron chi connectivity index (χ1n) is 9.10. The summed E-state index contributed by atoms with van der Waals surface area (Å²) in [4.78, 5) is 0. The van der Waals surface area contributed by atoms with Crippen LogP contribution in [0.5, 0.6) is 0 Å². The predicted octanol–water partition coefficient (Wildman–Crippen LogP) is 5.79. The van der Waals surface area contributed by atoms with Crippen LogP contribution in [0.1, 0.15) is 38.5 Å². The number of hydrogen-bond donors (Lipinski definition) is 0. The Bertz CT molecular complexity index is 320. The van der Waals surface area contributed by atoms with Gasteiger partial charge in [0.2, 0.25) is 0 Å². The average molecular weight is 391 g/mol. The third-order valence-electron chi connectivity index (χ3n) is 4.15. The molecule has 2 fully saturated rings. The van der Waals surface area contributed by atoms with Gasteiger partial charge in [0, 0.05) is 0 Å². The van der Waals surface area contributed by atoms with E-state index in [1.165, 1.54) is 25.7 Å². The summed E-state index contributed by atoms with van der Waals surface area (Å²) in [6.07, 6.45) is 14.8. The second kappa shape index (κ2) is 17.0. The first-order valence-corrected chi connectivity index (χ1v) is 9.10. The van der Waals surface area contributed by atoms with Gasteiger partial charge < -0.3 is 33.2 Å². The number of allylic oxidation sites excluding steroid dienone is 2. The topological polar surface area (TPSA) is 114 Å². The van der Waals surface area contributed by atoms with Crippen molar-refractivity contribution in [2.45, 2.75) is 56.7 Å². The van der Waals surface area contributed by atoms with Gasteiger partial charge in [-0.25, -0.2) is 0 Å². The van der Waals surface area contributed by atoms with Crippen LogP contribution >= 0.6 is 0 Å². The summed E-state index contributed by atoms with van der Waals surface area (Å²) in [5.74, 6) is 0. The van der Waals surface area contributed by atoms with E-state index in [4.69, 9.17) is 17.2 Å². The van der Waals surface area contributed by atoms with E-state index in [2.05, 4.69) is 16.0 Å². The number of nitrogens with one attached hydrogen (secondary N) is 3. The van der Waals surface area contributed by atoms with E-state index in [0.29, 0.717) is 31.7 Å². The Hall–Kier alpha value is -0.426. The van der Waals surface area contributed by atoms with Gasteiger partial charge in [-0.2, -0.15) is 37.9 Å². The van der Waals surface area contributed by atoms with Crippen LogP contribution in [0.15, 0.2) is 24.4 Å². The SMILES string of the molecule is [NH-]CC1C=CC=C[N-]1.[NH-]CC1CCCC[N-]1.[NH-]CC1CCCC[N-]1.[Ni+2]. The molecule has 148 valence electrons. The molecule has 0 saturated carbocycles. The molecule has 0 aliphatic carbocycles. The molecule has 3 rings (SSSR count).